The lowest BCUT2D eigenvalue weighted by atomic mass is 10.0. The minimum atomic E-state index is -1.50. The van der Waals surface area contributed by atoms with Gasteiger partial charge in [-0.25, -0.2) is 0 Å². The first-order valence-corrected chi connectivity index (χ1v) is 8.31. The molecule has 3 unspecified atom stereocenters. The van der Waals surface area contributed by atoms with Crippen molar-refractivity contribution in [2.45, 2.75) is 38.4 Å². The van der Waals surface area contributed by atoms with Crippen LogP contribution in [0.5, 0.6) is 0 Å². The van der Waals surface area contributed by atoms with E-state index in [1.807, 2.05) is 5.32 Å². The van der Waals surface area contributed by atoms with Crippen molar-refractivity contribution in [1.29, 1.82) is 0 Å². The van der Waals surface area contributed by atoms with Crippen molar-refractivity contribution in [3.63, 3.8) is 0 Å². The van der Waals surface area contributed by atoms with Crippen LogP contribution in [0.1, 0.15) is 20.3 Å². The molecule has 7 N–H and O–H groups in total. The molecule has 0 fully saturated rings. The van der Waals surface area contributed by atoms with Gasteiger partial charge < -0.3 is 31.9 Å². The molecule has 0 aliphatic rings. The van der Waals surface area contributed by atoms with Crippen LogP contribution in [0, 0.1) is 5.92 Å². The number of carboxylic acids is 2. The standard InChI is InChI=1S/C14H24N4O7S/c1-6(2)11(18-12(23)7(15)5-26)14(25)17-8(3-9(19)20)13(24)16-4-10(21)22/h6-8,11,26H,3-5,15H2,1-2H3,(H,16,24)(H,17,25)(H,18,23)(H,19,20)(H,21,22). The fraction of sp³-hybridized carbons (Fsp3) is 0.643. The quantitative estimate of drug-likeness (QED) is 0.189. The Morgan fingerprint density at radius 1 is 0.962 bits per heavy atom. The summed E-state index contributed by atoms with van der Waals surface area (Å²) in [6.07, 6.45) is -0.758. The number of thiol groups is 1. The summed E-state index contributed by atoms with van der Waals surface area (Å²) in [6.45, 7) is 2.53. The smallest absolute Gasteiger partial charge is 0.322 e. The van der Waals surface area contributed by atoms with Crippen molar-refractivity contribution >= 4 is 42.3 Å². The molecule has 0 aromatic carbocycles. The number of amides is 3. The summed E-state index contributed by atoms with van der Waals surface area (Å²) < 4.78 is 0. The summed E-state index contributed by atoms with van der Waals surface area (Å²) in [5.41, 5.74) is 5.53. The van der Waals surface area contributed by atoms with E-state index in [4.69, 9.17) is 15.9 Å². The number of nitrogens with one attached hydrogen (secondary N) is 3. The van der Waals surface area contributed by atoms with E-state index in [1.165, 1.54) is 0 Å². The molecule has 26 heavy (non-hydrogen) atoms. The normalized spacial score (nSPS) is 14.0. The molecule has 0 aliphatic carbocycles. The van der Waals surface area contributed by atoms with Gasteiger partial charge in [-0.15, -0.1) is 0 Å². The number of carboxylic acid groups (broad SMARTS) is 2. The van der Waals surface area contributed by atoms with E-state index in [0.29, 0.717) is 0 Å². The average Bonchev–Trinajstić information content (AvgIpc) is 2.54. The van der Waals surface area contributed by atoms with Gasteiger partial charge in [-0.05, 0) is 5.92 Å². The molecule has 0 aromatic heterocycles. The average molecular weight is 392 g/mol. The Kier molecular flexibility index (Phi) is 10.3. The summed E-state index contributed by atoms with van der Waals surface area (Å²) >= 11 is 3.89. The van der Waals surface area contributed by atoms with E-state index >= 15 is 0 Å². The van der Waals surface area contributed by atoms with Crippen molar-refractivity contribution in [3.05, 3.63) is 0 Å². The van der Waals surface area contributed by atoms with Crippen LogP contribution in [-0.2, 0) is 24.0 Å². The molecule has 0 spiro atoms. The van der Waals surface area contributed by atoms with E-state index in [1.54, 1.807) is 13.8 Å². The lowest BCUT2D eigenvalue weighted by Gasteiger charge is -2.25. The van der Waals surface area contributed by atoms with Crippen molar-refractivity contribution < 1.29 is 34.2 Å². The zero-order valence-electron chi connectivity index (χ0n) is 14.4. The maximum atomic E-state index is 12.4. The van der Waals surface area contributed by atoms with Crippen LogP contribution in [0.15, 0.2) is 0 Å². The molecule has 0 aromatic rings. The predicted octanol–water partition coefficient (Wildman–Crippen LogP) is -2.46. The molecule has 148 valence electrons. The first-order chi connectivity index (χ1) is 12.0. The summed E-state index contributed by atoms with van der Waals surface area (Å²) in [4.78, 5) is 57.6. The second-order valence-corrected chi connectivity index (χ2v) is 6.16. The molecule has 12 heteroatoms. The van der Waals surface area contributed by atoms with Gasteiger partial charge in [0.2, 0.25) is 17.7 Å². The minimum Gasteiger partial charge on any atom is -0.481 e. The molecule has 0 heterocycles. The van der Waals surface area contributed by atoms with Crippen LogP contribution in [-0.4, -0.2) is 70.3 Å². The van der Waals surface area contributed by atoms with E-state index in [9.17, 15) is 24.0 Å². The van der Waals surface area contributed by atoms with Crippen LogP contribution in [0.4, 0.5) is 0 Å². The Labute approximate surface area is 155 Å². The van der Waals surface area contributed by atoms with Gasteiger partial charge in [0.05, 0.1) is 12.5 Å². The van der Waals surface area contributed by atoms with Gasteiger partial charge >= 0.3 is 11.9 Å². The lowest BCUT2D eigenvalue weighted by molar-refractivity contribution is -0.141. The number of nitrogens with two attached hydrogens (primary N) is 1. The summed E-state index contributed by atoms with van der Waals surface area (Å²) in [5.74, 6) is -5.43. The van der Waals surface area contributed by atoms with Crippen LogP contribution >= 0.6 is 12.6 Å². The van der Waals surface area contributed by atoms with Gasteiger partial charge in [0.15, 0.2) is 0 Å². The Balaban J connectivity index is 5.15. The first-order valence-electron chi connectivity index (χ1n) is 7.68. The van der Waals surface area contributed by atoms with E-state index in [2.05, 4.69) is 23.3 Å². The predicted molar refractivity (Wildman–Crippen MR) is 93.4 cm³/mol. The van der Waals surface area contributed by atoms with Gasteiger partial charge in [-0.1, -0.05) is 13.8 Å². The number of carbonyl (C=O) groups is 5. The van der Waals surface area contributed by atoms with E-state index in [0.717, 1.165) is 0 Å². The zero-order chi connectivity index (χ0) is 20.4. The second-order valence-electron chi connectivity index (χ2n) is 5.79. The Hall–Kier alpha value is -2.34. The third-order valence-electron chi connectivity index (χ3n) is 3.21. The number of hydrogen-bond acceptors (Lipinski definition) is 7. The van der Waals surface area contributed by atoms with Crippen LogP contribution in [0.2, 0.25) is 0 Å². The molecule has 0 aliphatic heterocycles. The molecule has 0 saturated carbocycles. The zero-order valence-corrected chi connectivity index (χ0v) is 15.3. The van der Waals surface area contributed by atoms with Gasteiger partial charge in [0.25, 0.3) is 0 Å². The second kappa shape index (κ2) is 11.3. The SMILES string of the molecule is CC(C)C(NC(=O)C(N)CS)C(=O)NC(CC(=O)O)C(=O)NCC(=O)O. The number of carbonyl (C=O) groups excluding carboxylic acids is 3. The third-order valence-corrected chi connectivity index (χ3v) is 3.60. The summed E-state index contributed by atoms with van der Waals surface area (Å²) in [7, 11) is 0. The highest BCUT2D eigenvalue weighted by atomic mass is 32.1. The van der Waals surface area contributed by atoms with E-state index in [-0.39, 0.29) is 5.75 Å². The molecule has 0 saturated heterocycles. The largest absolute Gasteiger partial charge is 0.481 e. The Morgan fingerprint density at radius 3 is 1.96 bits per heavy atom. The molecule has 0 radical (unpaired) electrons. The van der Waals surface area contributed by atoms with Crippen LogP contribution < -0.4 is 21.7 Å². The van der Waals surface area contributed by atoms with Crippen LogP contribution in [0.25, 0.3) is 0 Å². The molecular weight excluding hydrogens is 368 g/mol. The lowest BCUT2D eigenvalue weighted by Crippen LogP contribution is -2.58. The van der Waals surface area contributed by atoms with E-state index < -0.39 is 66.7 Å². The highest BCUT2D eigenvalue weighted by molar-refractivity contribution is 7.80. The van der Waals surface area contributed by atoms with Crippen molar-refractivity contribution in [1.82, 2.24) is 16.0 Å². The molecule has 0 bridgehead atoms. The van der Waals surface area contributed by atoms with Crippen molar-refractivity contribution in [3.8, 4) is 0 Å². The van der Waals surface area contributed by atoms with Crippen molar-refractivity contribution in [2.75, 3.05) is 12.3 Å². The number of hydrogen-bond donors (Lipinski definition) is 7. The monoisotopic (exact) mass is 392 g/mol. The molecular formula is C14H24N4O7S. The molecule has 3 amide bonds. The Morgan fingerprint density at radius 2 is 1.54 bits per heavy atom. The van der Waals surface area contributed by atoms with Gasteiger partial charge in [-0.2, -0.15) is 12.6 Å². The molecule has 3 atom stereocenters. The minimum absolute atomic E-state index is 0.0531. The third kappa shape index (κ3) is 8.67. The summed E-state index contributed by atoms with van der Waals surface area (Å²) in [5, 5.41) is 24.1. The highest BCUT2D eigenvalue weighted by Gasteiger charge is 2.31. The van der Waals surface area contributed by atoms with Gasteiger partial charge in [0.1, 0.15) is 18.6 Å². The maximum absolute atomic E-state index is 12.4. The fourth-order valence-electron chi connectivity index (χ4n) is 1.81. The maximum Gasteiger partial charge on any atom is 0.322 e. The van der Waals surface area contributed by atoms with Gasteiger partial charge in [0, 0.05) is 5.75 Å². The van der Waals surface area contributed by atoms with Crippen molar-refractivity contribution in [2.24, 2.45) is 11.7 Å². The molecule has 11 nitrogen and oxygen atoms in total. The highest BCUT2D eigenvalue weighted by Crippen LogP contribution is 2.04. The number of rotatable bonds is 11. The fourth-order valence-corrected chi connectivity index (χ4v) is 1.98. The van der Waals surface area contributed by atoms with Crippen LogP contribution in [0.3, 0.4) is 0 Å². The first kappa shape index (κ1) is 23.7. The van der Waals surface area contributed by atoms with Gasteiger partial charge in [-0.3, -0.25) is 24.0 Å². The Bertz CT molecular complexity index is 555. The topological polar surface area (TPSA) is 188 Å². The summed E-state index contributed by atoms with van der Waals surface area (Å²) in [6, 6.07) is -3.52. The number of aliphatic carboxylic acids is 2. The molecule has 0 rings (SSSR count).